The lowest BCUT2D eigenvalue weighted by atomic mass is 9.84. The summed E-state index contributed by atoms with van der Waals surface area (Å²) in [6, 6.07) is 0. The number of allylic oxidation sites excluding steroid dienone is 8. The van der Waals surface area contributed by atoms with Crippen molar-refractivity contribution in [2.24, 2.45) is 0 Å². The lowest BCUT2D eigenvalue weighted by molar-refractivity contribution is -0.116. The molecule has 6 heteroatoms. The summed E-state index contributed by atoms with van der Waals surface area (Å²) in [7, 11) is 0. The first-order valence-corrected chi connectivity index (χ1v) is 19.1. The van der Waals surface area contributed by atoms with Gasteiger partial charge in [0.25, 0.3) is 0 Å². The van der Waals surface area contributed by atoms with Crippen molar-refractivity contribution in [3.8, 4) is 0 Å². The second-order valence-electron chi connectivity index (χ2n) is 13.7. The zero-order valence-electron chi connectivity index (χ0n) is 32.0. The Morgan fingerprint density at radius 2 is 0.604 bits per heavy atom. The zero-order valence-corrected chi connectivity index (χ0v) is 32.0. The van der Waals surface area contributed by atoms with Gasteiger partial charge >= 0.3 is 0 Å². The molecule has 0 aliphatic heterocycles. The number of hydrogen-bond donors (Lipinski definition) is 0. The molecule has 0 aromatic rings. The fraction of sp³-hybridized carbons (Fsp3) is 0.714. The maximum absolute atomic E-state index is 12.3. The molecule has 2 rings (SSSR count). The molecule has 2 aliphatic carbocycles. The quantitative estimate of drug-likeness (QED) is 0.0751. The van der Waals surface area contributed by atoms with Gasteiger partial charge in [0.2, 0.25) is 0 Å². The predicted octanol–water partition coefficient (Wildman–Crippen LogP) is 10.7. The minimum absolute atomic E-state index is 0.0455. The van der Waals surface area contributed by atoms with E-state index in [4.69, 9.17) is 9.47 Å². The number of hydrogen-bond acceptors (Lipinski definition) is 6. The molecule has 0 N–H and O–H groups in total. The van der Waals surface area contributed by atoms with Crippen molar-refractivity contribution in [3.63, 3.8) is 0 Å². The van der Waals surface area contributed by atoms with E-state index in [0.717, 1.165) is 95.4 Å². The number of ketones is 4. The summed E-state index contributed by atoms with van der Waals surface area (Å²) >= 11 is 0. The van der Waals surface area contributed by atoms with E-state index in [1.807, 2.05) is 0 Å². The van der Waals surface area contributed by atoms with E-state index in [2.05, 4.69) is 13.8 Å². The molecule has 0 heterocycles. The van der Waals surface area contributed by atoms with Crippen LogP contribution < -0.4 is 0 Å². The largest absolute Gasteiger partial charge is 0.381 e. The third kappa shape index (κ3) is 15.4. The van der Waals surface area contributed by atoms with Gasteiger partial charge in [-0.25, -0.2) is 0 Å². The predicted molar refractivity (Wildman–Crippen MR) is 198 cm³/mol. The van der Waals surface area contributed by atoms with E-state index in [1.165, 1.54) is 57.8 Å². The van der Waals surface area contributed by atoms with Crippen molar-refractivity contribution in [2.75, 3.05) is 26.4 Å². The molecule has 0 aromatic heterocycles. The monoisotopic (exact) mass is 669 g/mol. The summed E-state index contributed by atoms with van der Waals surface area (Å²) in [5.74, 6) is 0.256. The van der Waals surface area contributed by atoms with E-state index in [9.17, 15) is 19.2 Å². The Bertz CT molecular complexity index is 1180. The Labute approximate surface area is 293 Å². The number of Topliss-reactive ketones (excluding diaryl/α,β-unsaturated/α-hetero) is 4. The van der Waals surface area contributed by atoms with Crippen LogP contribution in [0.1, 0.15) is 171 Å². The molecule has 0 unspecified atom stereocenters. The molecule has 0 radical (unpaired) electrons. The summed E-state index contributed by atoms with van der Waals surface area (Å²) in [5, 5.41) is 0. The number of unbranched alkanes of at least 4 members (excludes halogenated alkanes) is 12. The normalized spacial score (nSPS) is 15.7. The van der Waals surface area contributed by atoms with E-state index < -0.39 is 0 Å². The Balaban J connectivity index is 0.000000482. The summed E-state index contributed by atoms with van der Waals surface area (Å²) < 4.78 is 10.9. The lowest BCUT2D eigenvalue weighted by Crippen LogP contribution is -2.20. The van der Waals surface area contributed by atoms with Crippen molar-refractivity contribution in [3.05, 3.63) is 44.6 Å². The van der Waals surface area contributed by atoms with Gasteiger partial charge < -0.3 is 9.47 Å². The van der Waals surface area contributed by atoms with Gasteiger partial charge in [0.15, 0.2) is 23.1 Å². The molecule has 6 nitrogen and oxygen atoms in total. The van der Waals surface area contributed by atoms with Gasteiger partial charge in [-0.3, -0.25) is 19.2 Å². The highest BCUT2D eigenvalue weighted by Crippen LogP contribution is 2.29. The van der Waals surface area contributed by atoms with Crippen LogP contribution in [0.4, 0.5) is 0 Å². The van der Waals surface area contributed by atoms with E-state index in [0.29, 0.717) is 33.4 Å². The summed E-state index contributed by atoms with van der Waals surface area (Å²) in [5.41, 5.74) is 5.31. The number of rotatable bonds is 24. The molecule has 0 aromatic carbocycles. The van der Waals surface area contributed by atoms with Crippen molar-refractivity contribution >= 4 is 23.1 Å². The van der Waals surface area contributed by atoms with E-state index in [1.54, 1.807) is 41.5 Å². The van der Waals surface area contributed by atoms with Crippen LogP contribution in [0.2, 0.25) is 0 Å². The first kappa shape index (κ1) is 43.6. The first-order valence-electron chi connectivity index (χ1n) is 19.1. The van der Waals surface area contributed by atoms with Gasteiger partial charge in [0.1, 0.15) is 0 Å². The highest BCUT2D eigenvalue weighted by Gasteiger charge is 2.28. The molecular formula is C42H68O6. The number of carbonyl (C=O) groups excluding carboxylic acids is 4. The van der Waals surface area contributed by atoms with Crippen LogP contribution in [-0.4, -0.2) is 49.6 Å². The highest BCUT2D eigenvalue weighted by atomic mass is 16.5. The van der Waals surface area contributed by atoms with Crippen LogP contribution in [0.5, 0.6) is 0 Å². The van der Waals surface area contributed by atoms with Crippen LogP contribution in [-0.2, 0) is 28.7 Å². The topological polar surface area (TPSA) is 86.7 Å². The number of carbonyl (C=O) groups is 4. The first-order chi connectivity index (χ1) is 23.0. The van der Waals surface area contributed by atoms with Crippen molar-refractivity contribution in [2.45, 2.75) is 171 Å². The molecular weight excluding hydrogens is 600 g/mol. The lowest BCUT2D eigenvalue weighted by Gasteiger charge is -2.18. The molecule has 0 saturated heterocycles. The maximum Gasteiger partial charge on any atom is 0.185 e. The van der Waals surface area contributed by atoms with Crippen LogP contribution in [0.25, 0.3) is 0 Å². The smallest absolute Gasteiger partial charge is 0.185 e. The summed E-state index contributed by atoms with van der Waals surface area (Å²) in [6.07, 6.45) is 20.2. The van der Waals surface area contributed by atoms with Crippen LogP contribution in [0.15, 0.2) is 44.6 Å². The second-order valence-corrected chi connectivity index (χ2v) is 13.7. The summed E-state index contributed by atoms with van der Waals surface area (Å²) in [4.78, 5) is 48.9. The van der Waals surface area contributed by atoms with Gasteiger partial charge in [-0.2, -0.15) is 0 Å². The highest BCUT2D eigenvalue weighted by molar-refractivity contribution is 6.25. The maximum atomic E-state index is 12.3. The van der Waals surface area contributed by atoms with Crippen molar-refractivity contribution in [1.29, 1.82) is 0 Å². The molecule has 0 spiro atoms. The van der Waals surface area contributed by atoms with Gasteiger partial charge in [-0.1, -0.05) is 78.1 Å². The molecule has 0 bridgehead atoms. The molecule has 48 heavy (non-hydrogen) atoms. The minimum atomic E-state index is 0.0455. The molecule has 2 aliphatic rings. The molecule has 0 saturated carbocycles. The molecule has 272 valence electrons. The van der Waals surface area contributed by atoms with Crippen LogP contribution in [0.3, 0.4) is 0 Å². The Morgan fingerprint density at radius 3 is 0.917 bits per heavy atom. The fourth-order valence-electron chi connectivity index (χ4n) is 6.19. The molecule has 0 fully saturated rings. The van der Waals surface area contributed by atoms with Crippen LogP contribution >= 0.6 is 0 Å². The van der Waals surface area contributed by atoms with E-state index in [-0.39, 0.29) is 23.1 Å². The Kier molecular flexibility index (Phi) is 23.2. The van der Waals surface area contributed by atoms with Crippen molar-refractivity contribution in [1.82, 2.24) is 0 Å². The minimum Gasteiger partial charge on any atom is -0.381 e. The average Bonchev–Trinajstić information content (AvgIpc) is 3.08. The third-order valence-corrected chi connectivity index (χ3v) is 9.75. The number of ether oxygens (including phenoxy) is 2. The average molecular weight is 669 g/mol. The molecule has 0 amide bonds. The summed E-state index contributed by atoms with van der Waals surface area (Å²) in [6.45, 7) is 18.4. The van der Waals surface area contributed by atoms with Gasteiger partial charge in [-0.05, 0) is 92.9 Å². The van der Waals surface area contributed by atoms with Gasteiger partial charge in [0.05, 0.1) is 0 Å². The standard InChI is InChI=1S/C22H36O3.C20H32O3/c1-5-15-25-16-13-11-9-7-6-8-10-12-14-20-19(4)21(23)17(2)18(3)22(20)24;1-5-13-23-14-11-9-7-6-8-10-12-18-17(4)19(21)15(2)16(3)20(18)22/h5-16H2,1-4H3;5-14H2,1-4H3. The van der Waals surface area contributed by atoms with Crippen molar-refractivity contribution < 1.29 is 28.7 Å². The SMILES string of the molecule is CCCOCCCCCCCCC1=C(C)C(=O)C(C)=C(C)C1=O.CCCOCCCCCCCCCCC1=C(C)C(=O)C(C)=C(C)C1=O. The molecule has 0 atom stereocenters. The third-order valence-electron chi connectivity index (χ3n) is 9.75. The second kappa shape index (κ2) is 25.5. The fourth-order valence-corrected chi connectivity index (χ4v) is 6.19. The van der Waals surface area contributed by atoms with E-state index >= 15 is 0 Å². The van der Waals surface area contributed by atoms with Gasteiger partial charge in [0, 0.05) is 71.0 Å². The Morgan fingerprint density at radius 1 is 0.333 bits per heavy atom. The zero-order chi connectivity index (χ0) is 35.9. The van der Waals surface area contributed by atoms with Crippen LogP contribution in [0, 0.1) is 0 Å². The van der Waals surface area contributed by atoms with Gasteiger partial charge in [-0.15, -0.1) is 0 Å². The Hall–Kier alpha value is -2.44.